The molecule has 88 valence electrons. The lowest BCUT2D eigenvalue weighted by Gasteiger charge is -2.01. The molecule has 1 aromatic heterocycles. The molecule has 0 fully saturated rings. The third-order valence-corrected chi connectivity index (χ3v) is 2.51. The highest BCUT2D eigenvalue weighted by molar-refractivity contribution is 5.95. The van der Waals surface area contributed by atoms with Gasteiger partial charge < -0.3 is 5.73 Å². The summed E-state index contributed by atoms with van der Waals surface area (Å²) in [4.78, 5) is 12.0. The number of aromatic nitrogens is 1. The Morgan fingerprint density at radius 2 is 1.94 bits per heavy atom. The highest BCUT2D eigenvalue weighted by Crippen LogP contribution is 2.08. The van der Waals surface area contributed by atoms with Crippen molar-refractivity contribution in [2.24, 2.45) is 5.73 Å². The van der Waals surface area contributed by atoms with E-state index < -0.39 is 0 Å². The molecule has 0 spiro atoms. The van der Waals surface area contributed by atoms with Crippen LogP contribution in [-0.4, -0.2) is 17.0 Å². The van der Waals surface area contributed by atoms with Gasteiger partial charge in [-0.15, -0.1) is 0 Å². The third-order valence-electron chi connectivity index (χ3n) is 2.51. The molecular weight excluding hydrogens is 219 g/mol. The number of benzene rings is 1. The molecule has 0 bridgehead atoms. The Balaban J connectivity index is 2.21. The highest BCUT2D eigenvalue weighted by Gasteiger charge is 2.08. The summed E-state index contributed by atoms with van der Waals surface area (Å²) in [6, 6.07) is 7.35. The zero-order chi connectivity index (χ0) is 12.3. The van der Waals surface area contributed by atoms with Crippen LogP contribution < -0.4 is 5.73 Å². The Morgan fingerprint density at radius 1 is 1.24 bits per heavy atom. The van der Waals surface area contributed by atoms with Gasteiger partial charge in [0.15, 0.2) is 0 Å². The van der Waals surface area contributed by atoms with Gasteiger partial charge in [-0.3, -0.25) is 9.36 Å². The normalized spacial score (nSPS) is 10.5. The molecule has 0 saturated carbocycles. The smallest absolute Gasteiger partial charge is 0.261 e. The van der Waals surface area contributed by atoms with E-state index in [2.05, 4.69) is 0 Å². The van der Waals surface area contributed by atoms with Crippen molar-refractivity contribution >= 4 is 5.91 Å². The van der Waals surface area contributed by atoms with Crippen LogP contribution in [0.4, 0.5) is 4.39 Å². The summed E-state index contributed by atoms with van der Waals surface area (Å²) in [7, 11) is 0. The summed E-state index contributed by atoms with van der Waals surface area (Å²) in [6.45, 7) is 0.550. The van der Waals surface area contributed by atoms with E-state index in [-0.39, 0.29) is 11.7 Å². The monoisotopic (exact) mass is 232 g/mol. The molecule has 3 nitrogen and oxygen atoms in total. The topological polar surface area (TPSA) is 48.0 Å². The minimum atomic E-state index is -0.349. The lowest BCUT2D eigenvalue weighted by Crippen LogP contribution is -2.09. The Kier molecular flexibility index (Phi) is 3.35. The van der Waals surface area contributed by atoms with Crippen LogP contribution >= 0.6 is 0 Å². The fraction of sp³-hybridized carbons (Fsp3) is 0.154. The summed E-state index contributed by atoms with van der Waals surface area (Å²) < 4.78 is 14.2. The zero-order valence-corrected chi connectivity index (χ0v) is 9.27. The van der Waals surface area contributed by atoms with Crippen molar-refractivity contribution in [2.75, 3.05) is 6.54 Å². The molecule has 17 heavy (non-hydrogen) atoms. The van der Waals surface area contributed by atoms with Crippen molar-refractivity contribution in [3.63, 3.8) is 0 Å². The predicted octanol–water partition coefficient (Wildman–Crippen LogP) is 1.82. The second kappa shape index (κ2) is 4.93. The second-order valence-electron chi connectivity index (χ2n) is 3.78. The first-order valence-electron chi connectivity index (χ1n) is 5.38. The average molecular weight is 232 g/mol. The van der Waals surface area contributed by atoms with Crippen molar-refractivity contribution in [1.29, 1.82) is 0 Å². The van der Waals surface area contributed by atoms with E-state index in [9.17, 15) is 9.18 Å². The minimum Gasteiger partial charge on any atom is -0.330 e. The lowest BCUT2D eigenvalue weighted by molar-refractivity contribution is 0.0960. The van der Waals surface area contributed by atoms with E-state index in [0.717, 1.165) is 12.0 Å². The molecule has 0 unspecified atom stereocenters. The van der Waals surface area contributed by atoms with Gasteiger partial charge >= 0.3 is 0 Å². The van der Waals surface area contributed by atoms with E-state index in [1.54, 1.807) is 12.4 Å². The van der Waals surface area contributed by atoms with Gasteiger partial charge in [-0.25, -0.2) is 4.39 Å². The molecule has 2 N–H and O–H groups in total. The molecule has 0 aliphatic carbocycles. The van der Waals surface area contributed by atoms with Crippen LogP contribution in [0.1, 0.15) is 15.9 Å². The summed E-state index contributed by atoms with van der Waals surface area (Å²) in [5.41, 5.74) is 6.91. The fourth-order valence-corrected chi connectivity index (χ4v) is 1.62. The van der Waals surface area contributed by atoms with Crippen LogP contribution in [0.25, 0.3) is 0 Å². The number of nitrogens with two attached hydrogens (primary N) is 1. The standard InChI is InChI=1S/C13H13FN2O/c14-12-3-1-11(2-4-12)13(17)16-8-6-10(9-16)5-7-15/h1-4,6,8-9H,5,7,15H2. The van der Waals surface area contributed by atoms with E-state index in [0.29, 0.717) is 12.1 Å². The Hall–Kier alpha value is -1.94. The molecular formula is C13H13FN2O. The quantitative estimate of drug-likeness (QED) is 0.877. The summed E-state index contributed by atoms with van der Waals surface area (Å²) in [6.07, 6.45) is 4.18. The van der Waals surface area contributed by atoms with Crippen molar-refractivity contribution in [2.45, 2.75) is 6.42 Å². The Labute approximate surface area is 98.7 Å². The first-order valence-corrected chi connectivity index (χ1v) is 5.38. The van der Waals surface area contributed by atoms with Crippen molar-refractivity contribution < 1.29 is 9.18 Å². The van der Waals surface area contributed by atoms with Gasteiger partial charge in [-0.05, 0) is 48.9 Å². The SMILES string of the molecule is NCCc1ccn(C(=O)c2ccc(F)cc2)c1. The number of carbonyl (C=O) groups excluding carboxylic acids is 1. The molecule has 0 saturated heterocycles. The summed E-state index contributed by atoms with van der Waals surface area (Å²) >= 11 is 0. The Morgan fingerprint density at radius 3 is 2.59 bits per heavy atom. The average Bonchev–Trinajstić information content (AvgIpc) is 2.78. The largest absolute Gasteiger partial charge is 0.330 e. The number of halogens is 1. The lowest BCUT2D eigenvalue weighted by atomic mass is 10.2. The van der Waals surface area contributed by atoms with Gasteiger partial charge in [0, 0.05) is 18.0 Å². The number of rotatable bonds is 3. The molecule has 2 rings (SSSR count). The first kappa shape index (κ1) is 11.5. The maximum absolute atomic E-state index is 12.7. The van der Waals surface area contributed by atoms with Gasteiger partial charge in [0.2, 0.25) is 0 Å². The van der Waals surface area contributed by atoms with Gasteiger partial charge in [-0.2, -0.15) is 0 Å². The molecule has 0 amide bonds. The molecule has 0 aliphatic rings. The molecule has 0 aliphatic heterocycles. The van der Waals surface area contributed by atoms with Crippen LogP contribution in [0.2, 0.25) is 0 Å². The van der Waals surface area contributed by atoms with E-state index in [1.807, 2.05) is 6.07 Å². The van der Waals surface area contributed by atoms with E-state index in [4.69, 9.17) is 5.73 Å². The van der Waals surface area contributed by atoms with Crippen LogP contribution in [0.5, 0.6) is 0 Å². The van der Waals surface area contributed by atoms with E-state index in [1.165, 1.54) is 28.8 Å². The molecule has 0 atom stereocenters. The second-order valence-corrected chi connectivity index (χ2v) is 3.78. The molecule has 1 heterocycles. The van der Waals surface area contributed by atoms with Gasteiger partial charge in [0.1, 0.15) is 5.82 Å². The highest BCUT2D eigenvalue weighted by atomic mass is 19.1. The van der Waals surface area contributed by atoms with Crippen LogP contribution in [0.15, 0.2) is 42.7 Å². The van der Waals surface area contributed by atoms with Crippen LogP contribution in [-0.2, 0) is 6.42 Å². The number of nitrogens with zero attached hydrogens (tertiary/aromatic N) is 1. The number of hydrogen-bond acceptors (Lipinski definition) is 2. The number of carbonyl (C=O) groups is 1. The molecule has 4 heteroatoms. The summed E-state index contributed by atoms with van der Waals surface area (Å²) in [5, 5.41) is 0. The van der Waals surface area contributed by atoms with Gasteiger partial charge in [0.25, 0.3) is 5.91 Å². The van der Waals surface area contributed by atoms with Crippen molar-refractivity contribution in [3.8, 4) is 0 Å². The maximum atomic E-state index is 12.7. The van der Waals surface area contributed by atoms with Crippen LogP contribution in [0.3, 0.4) is 0 Å². The van der Waals surface area contributed by atoms with Crippen LogP contribution in [0, 0.1) is 5.82 Å². The minimum absolute atomic E-state index is 0.173. The number of hydrogen-bond donors (Lipinski definition) is 1. The first-order chi connectivity index (χ1) is 8.20. The molecule has 2 aromatic rings. The van der Waals surface area contributed by atoms with Crippen molar-refractivity contribution in [1.82, 2.24) is 4.57 Å². The third kappa shape index (κ3) is 2.60. The Bertz CT molecular complexity index is 516. The van der Waals surface area contributed by atoms with Crippen molar-refractivity contribution in [3.05, 3.63) is 59.7 Å². The summed E-state index contributed by atoms with van der Waals surface area (Å²) in [5.74, 6) is -0.522. The molecule has 1 aromatic carbocycles. The zero-order valence-electron chi connectivity index (χ0n) is 9.27. The fourth-order valence-electron chi connectivity index (χ4n) is 1.62. The predicted molar refractivity (Wildman–Crippen MR) is 63.3 cm³/mol. The van der Waals surface area contributed by atoms with E-state index >= 15 is 0 Å². The van der Waals surface area contributed by atoms with Gasteiger partial charge in [0.05, 0.1) is 0 Å². The van der Waals surface area contributed by atoms with Gasteiger partial charge in [-0.1, -0.05) is 0 Å². The molecule has 0 radical (unpaired) electrons. The maximum Gasteiger partial charge on any atom is 0.261 e.